The van der Waals surface area contributed by atoms with Crippen LogP contribution in [-0.4, -0.2) is 47.0 Å². The van der Waals surface area contributed by atoms with Crippen molar-refractivity contribution in [3.05, 3.63) is 17.0 Å². The highest BCUT2D eigenvalue weighted by Crippen LogP contribution is 2.39. The van der Waals surface area contributed by atoms with Crippen molar-refractivity contribution in [2.24, 2.45) is 0 Å². The quantitative estimate of drug-likeness (QED) is 0.861. The molecule has 1 aromatic rings. The Morgan fingerprint density at radius 1 is 1.50 bits per heavy atom. The van der Waals surface area contributed by atoms with Crippen molar-refractivity contribution in [2.75, 3.05) is 24.7 Å². The van der Waals surface area contributed by atoms with Crippen LogP contribution in [0.4, 0.5) is 5.82 Å². The minimum absolute atomic E-state index is 0.141. The van der Waals surface area contributed by atoms with E-state index in [9.17, 15) is 5.11 Å². The smallest absolute Gasteiger partial charge is 0.135 e. The van der Waals surface area contributed by atoms with Crippen LogP contribution >= 0.6 is 11.6 Å². The van der Waals surface area contributed by atoms with Gasteiger partial charge in [-0.25, -0.2) is 9.97 Å². The lowest BCUT2D eigenvalue weighted by Crippen LogP contribution is -2.47. The monoisotopic (exact) mass is 297 g/mol. The topological polar surface area (TPSA) is 58.5 Å². The largest absolute Gasteiger partial charge is 0.393 e. The van der Waals surface area contributed by atoms with Gasteiger partial charge in [-0.1, -0.05) is 11.6 Å². The average Bonchev–Trinajstić information content (AvgIpc) is 3.22. The molecule has 2 heterocycles. The van der Waals surface area contributed by atoms with Crippen LogP contribution < -0.4 is 4.90 Å². The predicted molar refractivity (Wildman–Crippen MR) is 77.3 cm³/mol. The molecule has 1 saturated heterocycles. The van der Waals surface area contributed by atoms with Crippen molar-refractivity contribution in [3.8, 4) is 0 Å². The molecule has 1 saturated carbocycles. The molecule has 0 radical (unpaired) electrons. The Bertz CT molecular complexity index is 479. The number of hydrogen-bond acceptors (Lipinski definition) is 5. The summed E-state index contributed by atoms with van der Waals surface area (Å²) in [6.45, 7) is 3.87. The van der Waals surface area contributed by atoms with Crippen LogP contribution in [0.3, 0.4) is 0 Å². The van der Waals surface area contributed by atoms with Crippen molar-refractivity contribution in [1.29, 1.82) is 0 Å². The van der Waals surface area contributed by atoms with Crippen LogP contribution in [-0.2, 0) is 4.74 Å². The number of aromatic nitrogens is 2. The minimum Gasteiger partial charge on any atom is -0.393 e. The maximum Gasteiger partial charge on any atom is 0.135 e. The summed E-state index contributed by atoms with van der Waals surface area (Å²) < 4.78 is 5.53. The number of halogens is 1. The van der Waals surface area contributed by atoms with Crippen LogP contribution in [0.25, 0.3) is 0 Å². The second-order valence-corrected chi connectivity index (χ2v) is 6.08. The molecule has 1 N–H and O–H groups in total. The van der Waals surface area contributed by atoms with E-state index in [0.717, 1.165) is 31.0 Å². The SMILES string of the molecule is CC(O)CC1COCCN1c1cc(Cl)nc(C2CC2)n1. The van der Waals surface area contributed by atoms with Gasteiger partial charge in [0.25, 0.3) is 0 Å². The number of rotatable bonds is 4. The molecule has 6 heteroatoms. The number of anilines is 1. The normalized spacial score (nSPS) is 24.8. The zero-order chi connectivity index (χ0) is 14.1. The summed E-state index contributed by atoms with van der Waals surface area (Å²) in [5.41, 5.74) is 0. The van der Waals surface area contributed by atoms with Crippen LogP contribution in [0, 0.1) is 0 Å². The number of ether oxygens (including phenoxy) is 1. The molecule has 2 aliphatic rings. The molecule has 1 aliphatic heterocycles. The summed E-state index contributed by atoms with van der Waals surface area (Å²) in [5, 5.41) is 10.1. The third-order valence-electron chi connectivity index (χ3n) is 3.78. The maximum atomic E-state index is 9.64. The second kappa shape index (κ2) is 5.84. The van der Waals surface area contributed by atoms with E-state index in [1.165, 1.54) is 0 Å². The van der Waals surface area contributed by atoms with Crippen molar-refractivity contribution in [1.82, 2.24) is 9.97 Å². The number of aliphatic hydroxyl groups is 1. The Morgan fingerprint density at radius 2 is 2.30 bits per heavy atom. The van der Waals surface area contributed by atoms with E-state index >= 15 is 0 Å². The van der Waals surface area contributed by atoms with E-state index in [4.69, 9.17) is 16.3 Å². The standard InChI is InChI=1S/C14H20ClN3O2/c1-9(19)6-11-8-20-5-4-18(11)13-7-12(15)16-14(17-13)10-2-3-10/h7,9-11,19H,2-6,8H2,1H3. The van der Waals surface area contributed by atoms with E-state index in [1.807, 2.05) is 6.07 Å². The summed E-state index contributed by atoms with van der Waals surface area (Å²) in [6, 6.07) is 1.95. The van der Waals surface area contributed by atoms with Gasteiger partial charge in [0.2, 0.25) is 0 Å². The lowest BCUT2D eigenvalue weighted by Gasteiger charge is -2.37. The summed E-state index contributed by atoms with van der Waals surface area (Å²) in [6.07, 6.45) is 2.62. The third-order valence-corrected chi connectivity index (χ3v) is 3.97. The zero-order valence-electron chi connectivity index (χ0n) is 11.6. The van der Waals surface area contributed by atoms with Gasteiger partial charge in [0.05, 0.1) is 25.4 Å². The fraction of sp³-hybridized carbons (Fsp3) is 0.714. The molecule has 20 heavy (non-hydrogen) atoms. The van der Waals surface area contributed by atoms with Gasteiger partial charge in [0.15, 0.2) is 0 Å². The molecule has 110 valence electrons. The Kier molecular flexibility index (Phi) is 4.10. The fourth-order valence-corrected chi connectivity index (χ4v) is 2.82. The Labute approximate surface area is 123 Å². The summed E-state index contributed by atoms with van der Waals surface area (Å²) in [5.74, 6) is 2.19. The first-order valence-electron chi connectivity index (χ1n) is 7.20. The van der Waals surface area contributed by atoms with Gasteiger partial charge in [0, 0.05) is 18.5 Å². The third kappa shape index (κ3) is 3.22. The Hall–Kier alpha value is -0.910. The molecule has 2 atom stereocenters. The highest BCUT2D eigenvalue weighted by atomic mass is 35.5. The van der Waals surface area contributed by atoms with E-state index in [2.05, 4.69) is 14.9 Å². The van der Waals surface area contributed by atoms with Gasteiger partial charge in [-0.3, -0.25) is 0 Å². The second-order valence-electron chi connectivity index (χ2n) is 5.69. The average molecular weight is 298 g/mol. The fourth-order valence-electron chi connectivity index (χ4n) is 2.64. The lowest BCUT2D eigenvalue weighted by molar-refractivity contribution is 0.0717. The molecule has 2 unspecified atom stereocenters. The highest BCUT2D eigenvalue weighted by molar-refractivity contribution is 6.29. The molecular weight excluding hydrogens is 278 g/mol. The molecule has 0 aromatic carbocycles. The van der Waals surface area contributed by atoms with Crippen LogP contribution in [0.2, 0.25) is 5.15 Å². The van der Waals surface area contributed by atoms with Gasteiger partial charge in [-0.05, 0) is 26.2 Å². The van der Waals surface area contributed by atoms with Crippen molar-refractivity contribution in [3.63, 3.8) is 0 Å². The first-order valence-corrected chi connectivity index (χ1v) is 7.58. The molecule has 5 nitrogen and oxygen atoms in total. The van der Waals surface area contributed by atoms with Crippen LogP contribution in [0.15, 0.2) is 6.07 Å². The number of nitrogens with zero attached hydrogens (tertiary/aromatic N) is 3. The number of aliphatic hydroxyl groups excluding tert-OH is 1. The van der Waals surface area contributed by atoms with E-state index < -0.39 is 0 Å². The molecule has 0 bridgehead atoms. The van der Waals surface area contributed by atoms with Gasteiger partial charge in [-0.2, -0.15) is 0 Å². The van der Waals surface area contributed by atoms with E-state index in [0.29, 0.717) is 30.7 Å². The van der Waals surface area contributed by atoms with Crippen molar-refractivity contribution < 1.29 is 9.84 Å². The molecule has 1 aromatic heterocycles. The summed E-state index contributed by atoms with van der Waals surface area (Å²) >= 11 is 6.14. The minimum atomic E-state index is -0.357. The molecule has 3 rings (SSSR count). The van der Waals surface area contributed by atoms with Crippen LogP contribution in [0.1, 0.15) is 37.9 Å². The number of morpholine rings is 1. The molecule has 2 fully saturated rings. The lowest BCUT2D eigenvalue weighted by atomic mass is 10.1. The Morgan fingerprint density at radius 3 is 3.00 bits per heavy atom. The number of hydrogen-bond donors (Lipinski definition) is 1. The summed E-state index contributed by atoms with van der Waals surface area (Å²) in [4.78, 5) is 11.2. The van der Waals surface area contributed by atoms with Crippen LogP contribution in [0.5, 0.6) is 0 Å². The zero-order valence-corrected chi connectivity index (χ0v) is 12.4. The summed E-state index contributed by atoms with van der Waals surface area (Å²) in [7, 11) is 0. The van der Waals surface area contributed by atoms with Gasteiger partial charge < -0.3 is 14.7 Å². The van der Waals surface area contributed by atoms with E-state index in [-0.39, 0.29) is 12.1 Å². The van der Waals surface area contributed by atoms with Crippen molar-refractivity contribution in [2.45, 2.75) is 44.2 Å². The Balaban J connectivity index is 1.84. The molecule has 0 amide bonds. The highest BCUT2D eigenvalue weighted by Gasteiger charge is 2.30. The first-order chi connectivity index (χ1) is 9.63. The van der Waals surface area contributed by atoms with Crippen molar-refractivity contribution >= 4 is 17.4 Å². The molecular formula is C14H20ClN3O2. The first kappa shape index (κ1) is 14.0. The maximum absolute atomic E-state index is 9.64. The van der Waals surface area contributed by atoms with E-state index in [1.54, 1.807) is 6.92 Å². The van der Waals surface area contributed by atoms with Gasteiger partial charge in [-0.15, -0.1) is 0 Å². The van der Waals surface area contributed by atoms with Gasteiger partial charge in [0.1, 0.15) is 16.8 Å². The molecule has 1 aliphatic carbocycles. The predicted octanol–water partition coefficient (Wildman–Crippen LogP) is 1.98. The van der Waals surface area contributed by atoms with Gasteiger partial charge >= 0.3 is 0 Å². The molecule has 0 spiro atoms.